The summed E-state index contributed by atoms with van der Waals surface area (Å²) in [6, 6.07) is 8.29. The normalized spacial score (nSPS) is 20.0. The Hall–Kier alpha value is -1.64. The second-order valence-corrected chi connectivity index (χ2v) is 7.29. The molecule has 27 heavy (non-hydrogen) atoms. The maximum atomic E-state index is 4.33. The van der Waals surface area contributed by atoms with Gasteiger partial charge < -0.3 is 10.6 Å². The van der Waals surface area contributed by atoms with Gasteiger partial charge in [0.05, 0.1) is 5.69 Å². The molecule has 1 aliphatic carbocycles. The lowest BCUT2D eigenvalue weighted by atomic mass is 9.81. The Kier molecular flexibility index (Phi) is 9.03. The van der Waals surface area contributed by atoms with Gasteiger partial charge in [0.1, 0.15) is 12.7 Å². The van der Waals surface area contributed by atoms with Crippen LogP contribution in [0.25, 0.3) is 5.69 Å². The van der Waals surface area contributed by atoms with E-state index in [1.165, 1.54) is 37.7 Å². The molecule has 0 aliphatic heterocycles. The molecule has 0 amide bonds. The topological polar surface area (TPSA) is 67.1 Å². The summed E-state index contributed by atoms with van der Waals surface area (Å²) in [5.74, 6) is 2.63. The van der Waals surface area contributed by atoms with Crippen LogP contribution in [-0.2, 0) is 6.54 Å². The first-order valence-electron chi connectivity index (χ1n) is 9.63. The van der Waals surface area contributed by atoms with Gasteiger partial charge in [-0.15, -0.1) is 24.0 Å². The maximum Gasteiger partial charge on any atom is 0.191 e. The highest BCUT2D eigenvalue weighted by molar-refractivity contribution is 14.0. The Bertz CT molecular complexity index is 683. The SMILES string of the molecule is CN=C(NCCC1CCCC(C)C1)NCc1ccc(-n2cncn2)cc1.I. The minimum absolute atomic E-state index is 0. The van der Waals surface area contributed by atoms with Crippen molar-refractivity contribution in [1.29, 1.82) is 0 Å². The summed E-state index contributed by atoms with van der Waals surface area (Å²) in [6.07, 6.45) is 10.0. The minimum Gasteiger partial charge on any atom is -0.356 e. The molecule has 2 atom stereocenters. The zero-order valence-corrected chi connectivity index (χ0v) is 18.6. The van der Waals surface area contributed by atoms with E-state index in [-0.39, 0.29) is 24.0 Å². The highest BCUT2D eigenvalue weighted by atomic mass is 127. The van der Waals surface area contributed by atoms with Crippen molar-refractivity contribution in [3.8, 4) is 5.69 Å². The maximum absolute atomic E-state index is 4.33. The summed E-state index contributed by atoms with van der Waals surface area (Å²) >= 11 is 0. The van der Waals surface area contributed by atoms with Gasteiger partial charge in [0.15, 0.2) is 5.96 Å². The molecule has 7 heteroatoms. The van der Waals surface area contributed by atoms with Crippen LogP contribution in [0.3, 0.4) is 0 Å². The van der Waals surface area contributed by atoms with Gasteiger partial charge >= 0.3 is 0 Å². The fraction of sp³-hybridized carbons (Fsp3) is 0.550. The number of nitrogens with one attached hydrogen (secondary N) is 2. The van der Waals surface area contributed by atoms with Crippen LogP contribution in [0.5, 0.6) is 0 Å². The summed E-state index contributed by atoms with van der Waals surface area (Å²) in [4.78, 5) is 8.30. The van der Waals surface area contributed by atoms with E-state index in [4.69, 9.17) is 0 Å². The highest BCUT2D eigenvalue weighted by Gasteiger charge is 2.18. The fourth-order valence-electron chi connectivity index (χ4n) is 3.73. The van der Waals surface area contributed by atoms with Crippen LogP contribution in [-0.4, -0.2) is 34.3 Å². The van der Waals surface area contributed by atoms with Gasteiger partial charge in [-0.1, -0.05) is 38.3 Å². The van der Waals surface area contributed by atoms with Gasteiger partial charge in [0.2, 0.25) is 0 Å². The number of aliphatic imine (C=N–C) groups is 1. The first-order valence-corrected chi connectivity index (χ1v) is 9.63. The third kappa shape index (κ3) is 6.79. The molecule has 3 rings (SSSR count). The molecular weight excluding hydrogens is 451 g/mol. The molecule has 1 aromatic carbocycles. The lowest BCUT2D eigenvalue weighted by Crippen LogP contribution is -2.38. The molecule has 2 aromatic rings. The molecule has 1 saturated carbocycles. The van der Waals surface area contributed by atoms with Crippen molar-refractivity contribution in [1.82, 2.24) is 25.4 Å². The molecule has 2 unspecified atom stereocenters. The molecule has 0 bridgehead atoms. The second kappa shape index (κ2) is 11.3. The van der Waals surface area contributed by atoms with E-state index < -0.39 is 0 Å². The van der Waals surface area contributed by atoms with Crippen LogP contribution in [0.2, 0.25) is 0 Å². The number of hydrogen-bond acceptors (Lipinski definition) is 3. The van der Waals surface area contributed by atoms with Crippen molar-refractivity contribution in [2.75, 3.05) is 13.6 Å². The van der Waals surface area contributed by atoms with Crippen LogP contribution in [0.15, 0.2) is 41.9 Å². The summed E-state index contributed by atoms with van der Waals surface area (Å²) in [7, 11) is 1.83. The van der Waals surface area contributed by atoms with E-state index >= 15 is 0 Å². The van der Waals surface area contributed by atoms with Crippen molar-refractivity contribution in [2.45, 2.75) is 45.6 Å². The van der Waals surface area contributed by atoms with Gasteiger partial charge in [-0.05, 0) is 42.4 Å². The molecule has 0 radical (unpaired) electrons. The van der Waals surface area contributed by atoms with Gasteiger partial charge in [-0.3, -0.25) is 4.99 Å². The van der Waals surface area contributed by atoms with Crippen molar-refractivity contribution in [2.24, 2.45) is 16.8 Å². The molecule has 6 nitrogen and oxygen atoms in total. The lowest BCUT2D eigenvalue weighted by Gasteiger charge is -2.26. The minimum atomic E-state index is 0. The standard InChI is InChI=1S/C20H30N6.HI/c1-16-4-3-5-17(12-16)10-11-23-20(21-2)24-13-18-6-8-19(9-7-18)26-15-22-14-25-26;/h6-9,14-17H,3-5,10-13H2,1-2H3,(H2,21,23,24);1H. The molecule has 1 aliphatic rings. The third-order valence-electron chi connectivity index (χ3n) is 5.19. The largest absolute Gasteiger partial charge is 0.356 e. The third-order valence-corrected chi connectivity index (χ3v) is 5.19. The van der Waals surface area contributed by atoms with Gasteiger partial charge in [0, 0.05) is 20.1 Å². The average Bonchev–Trinajstić information content (AvgIpc) is 3.20. The molecule has 1 fully saturated rings. The Labute approximate surface area is 179 Å². The van der Waals surface area contributed by atoms with Gasteiger partial charge in [0.25, 0.3) is 0 Å². The Morgan fingerprint density at radius 3 is 2.70 bits per heavy atom. The number of nitrogens with zero attached hydrogens (tertiary/aromatic N) is 4. The zero-order valence-electron chi connectivity index (χ0n) is 16.3. The van der Waals surface area contributed by atoms with Crippen molar-refractivity contribution >= 4 is 29.9 Å². The number of benzene rings is 1. The van der Waals surface area contributed by atoms with Crippen LogP contribution in [0.4, 0.5) is 0 Å². The number of halogens is 1. The summed E-state index contributed by atoms with van der Waals surface area (Å²) in [5, 5.41) is 11.0. The van der Waals surface area contributed by atoms with E-state index in [0.717, 1.165) is 36.6 Å². The molecule has 1 heterocycles. The van der Waals surface area contributed by atoms with Crippen molar-refractivity contribution in [3.63, 3.8) is 0 Å². The first-order chi connectivity index (χ1) is 12.7. The first kappa shape index (κ1) is 21.7. The predicted octanol–water partition coefficient (Wildman–Crippen LogP) is 3.77. The second-order valence-electron chi connectivity index (χ2n) is 7.29. The van der Waals surface area contributed by atoms with Crippen LogP contribution in [0.1, 0.15) is 44.6 Å². The van der Waals surface area contributed by atoms with Crippen LogP contribution >= 0.6 is 24.0 Å². The highest BCUT2D eigenvalue weighted by Crippen LogP contribution is 2.30. The number of hydrogen-bond donors (Lipinski definition) is 2. The Morgan fingerprint density at radius 2 is 2.04 bits per heavy atom. The van der Waals surface area contributed by atoms with Crippen molar-refractivity contribution in [3.05, 3.63) is 42.5 Å². The average molecular weight is 482 g/mol. The van der Waals surface area contributed by atoms with Crippen molar-refractivity contribution < 1.29 is 0 Å². The molecular formula is C20H31IN6. The van der Waals surface area contributed by atoms with Gasteiger partial charge in [-0.2, -0.15) is 5.10 Å². The Balaban J connectivity index is 0.00000261. The van der Waals surface area contributed by atoms with E-state index in [1.807, 2.05) is 19.2 Å². The van der Waals surface area contributed by atoms with Crippen LogP contribution in [0, 0.1) is 11.8 Å². The number of aromatic nitrogens is 3. The monoisotopic (exact) mass is 482 g/mol. The molecule has 1 aromatic heterocycles. The Morgan fingerprint density at radius 1 is 1.22 bits per heavy atom. The summed E-state index contributed by atoms with van der Waals surface area (Å²) in [5.41, 5.74) is 2.22. The summed E-state index contributed by atoms with van der Waals surface area (Å²) in [6.45, 7) is 4.12. The lowest BCUT2D eigenvalue weighted by molar-refractivity contribution is 0.270. The van der Waals surface area contributed by atoms with Gasteiger partial charge in [-0.25, -0.2) is 9.67 Å². The fourth-order valence-corrected chi connectivity index (χ4v) is 3.73. The van der Waals surface area contributed by atoms with E-state index in [2.05, 4.69) is 44.8 Å². The van der Waals surface area contributed by atoms with E-state index in [0.29, 0.717) is 0 Å². The summed E-state index contributed by atoms with van der Waals surface area (Å²) < 4.78 is 1.75. The molecule has 148 valence electrons. The predicted molar refractivity (Wildman–Crippen MR) is 121 cm³/mol. The quantitative estimate of drug-likeness (QED) is 0.374. The van der Waals surface area contributed by atoms with E-state index in [9.17, 15) is 0 Å². The number of rotatable bonds is 6. The number of guanidine groups is 1. The van der Waals surface area contributed by atoms with Crippen LogP contribution < -0.4 is 10.6 Å². The van der Waals surface area contributed by atoms with E-state index in [1.54, 1.807) is 17.3 Å². The molecule has 0 saturated heterocycles. The zero-order chi connectivity index (χ0) is 18.2. The molecule has 2 N–H and O–H groups in total. The smallest absolute Gasteiger partial charge is 0.191 e. The molecule has 0 spiro atoms.